The fourth-order valence-electron chi connectivity index (χ4n) is 2.29. The minimum absolute atomic E-state index is 0.690. The molecule has 0 heteroatoms. The van der Waals surface area contributed by atoms with Gasteiger partial charge in [0.15, 0.2) is 0 Å². The van der Waals surface area contributed by atoms with Crippen LogP contribution in [0.1, 0.15) is 31.7 Å². The molecule has 0 bridgehead atoms. The maximum atomic E-state index is 2.36. The SMILES string of the molecule is C/C=C/C1CCC/C1=C\c1ccccc1. The van der Waals surface area contributed by atoms with Crippen molar-refractivity contribution in [2.75, 3.05) is 0 Å². The Morgan fingerprint density at radius 3 is 2.73 bits per heavy atom. The van der Waals surface area contributed by atoms with Crippen molar-refractivity contribution in [3.8, 4) is 0 Å². The van der Waals surface area contributed by atoms with Crippen molar-refractivity contribution < 1.29 is 0 Å². The van der Waals surface area contributed by atoms with Gasteiger partial charge in [0, 0.05) is 0 Å². The maximum Gasteiger partial charge on any atom is -0.00199 e. The molecule has 0 N–H and O–H groups in total. The van der Waals surface area contributed by atoms with Gasteiger partial charge in [-0.2, -0.15) is 0 Å². The molecule has 1 unspecified atom stereocenters. The molecular weight excluding hydrogens is 180 g/mol. The van der Waals surface area contributed by atoms with E-state index < -0.39 is 0 Å². The summed E-state index contributed by atoms with van der Waals surface area (Å²) >= 11 is 0. The fourth-order valence-corrected chi connectivity index (χ4v) is 2.29. The Kier molecular flexibility index (Phi) is 3.39. The molecule has 1 fully saturated rings. The van der Waals surface area contributed by atoms with Gasteiger partial charge in [0.05, 0.1) is 0 Å². The minimum atomic E-state index is 0.690. The van der Waals surface area contributed by atoms with Gasteiger partial charge in [-0.05, 0) is 37.7 Å². The molecule has 0 radical (unpaired) electrons. The van der Waals surface area contributed by atoms with Crippen molar-refractivity contribution >= 4 is 6.08 Å². The third kappa shape index (κ3) is 2.59. The van der Waals surface area contributed by atoms with Crippen LogP contribution >= 0.6 is 0 Å². The normalized spacial score (nSPS) is 24.1. The summed E-state index contributed by atoms with van der Waals surface area (Å²) in [5, 5.41) is 0. The van der Waals surface area contributed by atoms with Crippen molar-refractivity contribution in [3.05, 3.63) is 53.6 Å². The number of rotatable bonds is 2. The van der Waals surface area contributed by atoms with E-state index in [-0.39, 0.29) is 0 Å². The predicted octanol–water partition coefficient (Wildman–Crippen LogP) is 4.45. The first-order valence-electron chi connectivity index (χ1n) is 5.78. The van der Waals surface area contributed by atoms with Crippen molar-refractivity contribution in [2.24, 2.45) is 5.92 Å². The first-order valence-corrected chi connectivity index (χ1v) is 5.78. The van der Waals surface area contributed by atoms with Crippen molar-refractivity contribution in [1.82, 2.24) is 0 Å². The molecule has 0 aromatic heterocycles. The smallest absolute Gasteiger partial charge is 0.00199 e. The molecule has 1 aromatic rings. The second-order valence-corrected chi connectivity index (χ2v) is 4.15. The Morgan fingerprint density at radius 2 is 2.00 bits per heavy atom. The first-order chi connectivity index (χ1) is 7.40. The number of benzene rings is 1. The van der Waals surface area contributed by atoms with Crippen LogP contribution in [0.25, 0.3) is 6.08 Å². The maximum absolute atomic E-state index is 2.36. The van der Waals surface area contributed by atoms with Crippen LogP contribution in [-0.2, 0) is 0 Å². The lowest BCUT2D eigenvalue weighted by Gasteiger charge is -2.06. The third-order valence-corrected chi connectivity index (χ3v) is 3.03. The highest BCUT2D eigenvalue weighted by Crippen LogP contribution is 2.33. The van der Waals surface area contributed by atoms with Crippen LogP contribution in [0.4, 0.5) is 0 Å². The molecule has 1 aliphatic rings. The summed E-state index contributed by atoms with van der Waals surface area (Å²) in [6.07, 6.45) is 10.8. The monoisotopic (exact) mass is 198 g/mol. The van der Waals surface area contributed by atoms with Gasteiger partial charge in [-0.3, -0.25) is 0 Å². The van der Waals surface area contributed by atoms with Gasteiger partial charge in [0.25, 0.3) is 0 Å². The van der Waals surface area contributed by atoms with Crippen LogP contribution in [0.5, 0.6) is 0 Å². The second kappa shape index (κ2) is 4.97. The summed E-state index contributed by atoms with van der Waals surface area (Å²) < 4.78 is 0. The third-order valence-electron chi connectivity index (χ3n) is 3.03. The highest BCUT2D eigenvalue weighted by molar-refractivity contribution is 5.54. The van der Waals surface area contributed by atoms with Crippen LogP contribution in [0.3, 0.4) is 0 Å². The fraction of sp³-hybridized carbons (Fsp3) is 0.333. The van der Waals surface area contributed by atoms with Crippen molar-refractivity contribution in [3.63, 3.8) is 0 Å². The number of hydrogen-bond donors (Lipinski definition) is 0. The summed E-state index contributed by atoms with van der Waals surface area (Å²) in [5.41, 5.74) is 2.93. The van der Waals surface area contributed by atoms with Gasteiger partial charge >= 0.3 is 0 Å². The Labute approximate surface area is 92.3 Å². The summed E-state index contributed by atoms with van der Waals surface area (Å²) in [7, 11) is 0. The van der Waals surface area contributed by atoms with Gasteiger partial charge in [-0.1, -0.05) is 54.1 Å². The lowest BCUT2D eigenvalue weighted by atomic mass is 10.00. The predicted molar refractivity (Wildman–Crippen MR) is 66.6 cm³/mol. The molecule has 1 aliphatic carbocycles. The topological polar surface area (TPSA) is 0 Å². The van der Waals surface area contributed by atoms with E-state index in [0.29, 0.717) is 5.92 Å². The van der Waals surface area contributed by atoms with E-state index in [0.717, 1.165) is 0 Å². The summed E-state index contributed by atoms with van der Waals surface area (Å²) in [6, 6.07) is 10.6. The van der Waals surface area contributed by atoms with E-state index in [4.69, 9.17) is 0 Å². The molecule has 2 rings (SSSR count). The van der Waals surface area contributed by atoms with E-state index in [1.807, 2.05) is 0 Å². The number of hydrogen-bond acceptors (Lipinski definition) is 0. The molecule has 0 aliphatic heterocycles. The molecule has 15 heavy (non-hydrogen) atoms. The zero-order valence-corrected chi connectivity index (χ0v) is 9.32. The van der Waals surface area contributed by atoms with Crippen LogP contribution in [0, 0.1) is 5.92 Å². The quantitative estimate of drug-likeness (QED) is 0.616. The van der Waals surface area contributed by atoms with Crippen LogP contribution in [0.2, 0.25) is 0 Å². The van der Waals surface area contributed by atoms with Gasteiger partial charge < -0.3 is 0 Å². The molecule has 0 amide bonds. The van der Waals surface area contributed by atoms with Gasteiger partial charge in [0.1, 0.15) is 0 Å². The molecule has 0 spiro atoms. The summed E-state index contributed by atoms with van der Waals surface area (Å²) in [5.74, 6) is 0.690. The summed E-state index contributed by atoms with van der Waals surface area (Å²) in [4.78, 5) is 0. The second-order valence-electron chi connectivity index (χ2n) is 4.15. The average molecular weight is 198 g/mol. The molecule has 1 saturated carbocycles. The van der Waals surface area contributed by atoms with Gasteiger partial charge in [0.2, 0.25) is 0 Å². The summed E-state index contributed by atoms with van der Waals surface area (Å²) in [6.45, 7) is 2.11. The van der Waals surface area contributed by atoms with Crippen LogP contribution < -0.4 is 0 Å². The minimum Gasteiger partial charge on any atom is -0.0911 e. The molecule has 0 saturated heterocycles. The van der Waals surface area contributed by atoms with Crippen LogP contribution in [0.15, 0.2) is 48.1 Å². The lowest BCUT2D eigenvalue weighted by molar-refractivity contribution is 0.766. The van der Waals surface area contributed by atoms with Crippen molar-refractivity contribution in [2.45, 2.75) is 26.2 Å². The van der Waals surface area contributed by atoms with Crippen molar-refractivity contribution in [1.29, 1.82) is 0 Å². The highest BCUT2D eigenvalue weighted by atomic mass is 14.2. The average Bonchev–Trinajstić information content (AvgIpc) is 2.68. The standard InChI is InChI=1S/C15H18/c1-2-7-14-10-6-11-15(14)12-13-8-4-3-5-9-13/h2-5,7-9,12,14H,6,10-11H2,1H3/b7-2+,15-12+. The first kappa shape index (κ1) is 10.2. The zero-order valence-electron chi connectivity index (χ0n) is 9.32. The molecule has 1 aromatic carbocycles. The number of allylic oxidation sites excluding steroid dienone is 3. The molecular formula is C15H18. The Hall–Kier alpha value is -1.30. The largest absolute Gasteiger partial charge is 0.0911 e. The highest BCUT2D eigenvalue weighted by Gasteiger charge is 2.17. The van der Waals surface area contributed by atoms with E-state index in [1.54, 1.807) is 5.57 Å². The molecule has 0 heterocycles. The van der Waals surface area contributed by atoms with Crippen LogP contribution in [-0.4, -0.2) is 0 Å². The zero-order chi connectivity index (χ0) is 10.5. The molecule has 78 valence electrons. The van der Waals surface area contributed by atoms with E-state index in [2.05, 4.69) is 55.5 Å². The van der Waals surface area contributed by atoms with Gasteiger partial charge in [-0.25, -0.2) is 0 Å². The Morgan fingerprint density at radius 1 is 1.20 bits per heavy atom. The Balaban J connectivity index is 2.19. The van der Waals surface area contributed by atoms with E-state index in [9.17, 15) is 0 Å². The lowest BCUT2D eigenvalue weighted by Crippen LogP contribution is -1.90. The molecule has 1 atom stereocenters. The van der Waals surface area contributed by atoms with E-state index >= 15 is 0 Å². The molecule has 0 nitrogen and oxygen atoms in total. The van der Waals surface area contributed by atoms with Gasteiger partial charge in [-0.15, -0.1) is 0 Å². The Bertz CT molecular complexity index is 357. The van der Waals surface area contributed by atoms with E-state index in [1.165, 1.54) is 24.8 Å².